The van der Waals surface area contributed by atoms with E-state index in [1.165, 1.54) is 12.8 Å². The van der Waals surface area contributed by atoms with Gasteiger partial charge in [0.2, 0.25) is 0 Å². The molecular weight excluding hydrogens is 522 g/mol. The summed E-state index contributed by atoms with van der Waals surface area (Å²) >= 11 is 0. The van der Waals surface area contributed by atoms with E-state index in [9.17, 15) is 4.79 Å². The van der Waals surface area contributed by atoms with Gasteiger partial charge >= 0.3 is 0 Å². The molecule has 1 aromatic carbocycles. The van der Waals surface area contributed by atoms with Gasteiger partial charge in [-0.15, -0.1) is 0 Å². The van der Waals surface area contributed by atoms with Crippen LogP contribution in [0.15, 0.2) is 61.2 Å². The summed E-state index contributed by atoms with van der Waals surface area (Å²) in [6, 6.07) is 13.7. The first-order valence-electron chi connectivity index (χ1n) is 13.4. The van der Waals surface area contributed by atoms with Gasteiger partial charge in [-0.25, -0.2) is 15.0 Å². The highest BCUT2D eigenvalue weighted by Crippen LogP contribution is 2.29. The number of nitrogens with zero attached hydrogens (tertiary/aromatic N) is 5. The van der Waals surface area contributed by atoms with Crippen molar-refractivity contribution < 1.29 is 9.53 Å². The van der Waals surface area contributed by atoms with Gasteiger partial charge in [-0.05, 0) is 42.5 Å². The molecule has 0 spiro atoms. The van der Waals surface area contributed by atoms with Crippen LogP contribution in [0.4, 0.5) is 11.6 Å². The first kappa shape index (κ1) is 29.2. The number of carbonyl (C=O) groups is 1. The number of rotatable bonds is 12. The van der Waals surface area contributed by atoms with Gasteiger partial charge in [0, 0.05) is 69.1 Å². The topological polar surface area (TPSA) is 105 Å². The zero-order valence-electron chi connectivity index (χ0n) is 23.2. The van der Waals surface area contributed by atoms with E-state index in [0.29, 0.717) is 18.7 Å². The lowest BCUT2D eigenvalue weighted by molar-refractivity contribution is 0.0964. The number of anilines is 2. The number of aromatic nitrogens is 4. The molecule has 40 heavy (non-hydrogen) atoms. The lowest BCUT2D eigenvalue weighted by Gasteiger charge is -2.18. The number of para-hydroxylation sites is 1. The molecule has 10 heteroatoms. The van der Waals surface area contributed by atoms with E-state index >= 15 is 0 Å². The fraction of sp³-hybridized carbons (Fsp3) is 0.367. The Morgan fingerprint density at radius 3 is 2.73 bits per heavy atom. The SMILES string of the molecule is CNC(=O)c1ccnc2c([C@H](C)CNc3cc(-c4ccc(N(C)CCOCC5CC5)nc4)ncn3)cccc12.S. The van der Waals surface area contributed by atoms with Crippen LogP contribution in [0.25, 0.3) is 22.2 Å². The second kappa shape index (κ2) is 13.5. The summed E-state index contributed by atoms with van der Waals surface area (Å²) < 4.78 is 5.75. The second-order valence-electron chi connectivity index (χ2n) is 10.1. The van der Waals surface area contributed by atoms with Crippen molar-refractivity contribution in [3.8, 4) is 11.3 Å². The highest BCUT2D eigenvalue weighted by Gasteiger charge is 2.21. The Morgan fingerprint density at radius 1 is 1.12 bits per heavy atom. The molecule has 9 nitrogen and oxygen atoms in total. The zero-order valence-corrected chi connectivity index (χ0v) is 24.2. The average Bonchev–Trinajstić information content (AvgIpc) is 3.82. The van der Waals surface area contributed by atoms with Crippen LogP contribution in [-0.4, -0.2) is 66.2 Å². The van der Waals surface area contributed by atoms with Crippen LogP contribution in [0.1, 0.15) is 41.6 Å². The minimum absolute atomic E-state index is 0. The first-order valence-corrected chi connectivity index (χ1v) is 13.4. The number of fused-ring (bicyclic) bond motifs is 1. The summed E-state index contributed by atoms with van der Waals surface area (Å²) in [4.78, 5) is 32.5. The molecule has 2 N–H and O–H groups in total. The molecule has 3 aromatic heterocycles. The van der Waals surface area contributed by atoms with Gasteiger partial charge in [0.05, 0.1) is 23.4 Å². The van der Waals surface area contributed by atoms with Crippen LogP contribution in [0.3, 0.4) is 0 Å². The Labute approximate surface area is 242 Å². The summed E-state index contributed by atoms with van der Waals surface area (Å²) in [6.45, 7) is 5.17. The number of hydrogen-bond acceptors (Lipinski definition) is 8. The Bertz CT molecular complexity index is 1430. The largest absolute Gasteiger partial charge is 0.379 e. The van der Waals surface area contributed by atoms with Crippen LogP contribution < -0.4 is 15.5 Å². The maximum Gasteiger partial charge on any atom is 0.251 e. The van der Waals surface area contributed by atoms with Gasteiger partial charge in [0.25, 0.3) is 5.91 Å². The van der Waals surface area contributed by atoms with Crippen LogP contribution in [-0.2, 0) is 4.74 Å². The molecule has 1 amide bonds. The molecule has 1 saturated carbocycles. The van der Waals surface area contributed by atoms with Crippen molar-refractivity contribution >= 4 is 41.9 Å². The summed E-state index contributed by atoms with van der Waals surface area (Å²) in [5.41, 5.74) is 4.26. The fourth-order valence-corrected chi connectivity index (χ4v) is 4.52. The highest BCUT2D eigenvalue weighted by atomic mass is 32.1. The van der Waals surface area contributed by atoms with E-state index in [-0.39, 0.29) is 25.3 Å². The van der Waals surface area contributed by atoms with E-state index < -0.39 is 0 Å². The third-order valence-electron chi connectivity index (χ3n) is 7.12. The van der Waals surface area contributed by atoms with Crippen molar-refractivity contribution in [2.24, 2.45) is 5.92 Å². The van der Waals surface area contributed by atoms with E-state index in [0.717, 1.165) is 58.4 Å². The minimum atomic E-state index is -0.120. The standard InChI is InChI=1S/C30H35N7O2.H2S/c1-20(23-5-4-6-24-25(30(38)31-2)11-12-32-29(23)24)16-33-27-15-26(35-19-36-27)22-9-10-28(34-17-22)37(3)13-14-39-18-21-7-8-21;/h4-6,9-12,15,17,19-21H,7-8,13-14,16,18H2,1-3H3,(H,31,38)(H,33,35,36);1H2/t20-;/m1./s1. The number of likely N-dealkylation sites (N-methyl/N-ethyl adjacent to an activating group) is 1. The summed E-state index contributed by atoms with van der Waals surface area (Å²) in [7, 11) is 3.66. The lowest BCUT2D eigenvalue weighted by atomic mass is 9.96. The molecule has 4 aromatic rings. The lowest BCUT2D eigenvalue weighted by Crippen LogP contribution is -2.23. The molecule has 210 valence electrons. The molecule has 0 bridgehead atoms. The van der Waals surface area contributed by atoms with E-state index in [1.54, 1.807) is 25.6 Å². The Morgan fingerprint density at radius 2 is 1.98 bits per heavy atom. The van der Waals surface area contributed by atoms with E-state index in [2.05, 4.69) is 48.5 Å². The third kappa shape index (κ3) is 7.05. The van der Waals surface area contributed by atoms with Crippen molar-refractivity contribution in [1.82, 2.24) is 25.3 Å². The molecule has 1 atom stereocenters. The molecule has 0 saturated heterocycles. The van der Waals surface area contributed by atoms with Crippen LogP contribution in [0, 0.1) is 5.92 Å². The number of amides is 1. The molecule has 0 unspecified atom stereocenters. The van der Waals surface area contributed by atoms with Gasteiger partial charge in [-0.1, -0.05) is 25.1 Å². The minimum Gasteiger partial charge on any atom is -0.379 e. The summed E-state index contributed by atoms with van der Waals surface area (Å²) in [5.74, 6) is 2.43. The van der Waals surface area contributed by atoms with Gasteiger partial charge in [0.15, 0.2) is 0 Å². The van der Waals surface area contributed by atoms with Gasteiger partial charge in [0.1, 0.15) is 18.0 Å². The Balaban J connectivity index is 0.00000370. The van der Waals surface area contributed by atoms with Crippen molar-refractivity contribution in [2.75, 3.05) is 50.6 Å². The van der Waals surface area contributed by atoms with Crippen LogP contribution >= 0.6 is 13.5 Å². The molecular formula is C30H37N7O2S. The van der Waals surface area contributed by atoms with Crippen LogP contribution in [0.5, 0.6) is 0 Å². The molecule has 5 rings (SSSR count). The molecule has 0 radical (unpaired) electrons. The number of carbonyl (C=O) groups excluding carboxylic acids is 1. The predicted molar refractivity (Wildman–Crippen MR) is 164 cm³/mol. The fourth-order valence-electron chi connectivity index (χ4n) is 4.52. The quantitative estimate of drug-likeness (QED) is 0.242. The highest BCUT2D eigenvalue weighted by molar-refractivity contribution is 7.59. The van der Waals surface area contributed by atoms with E-state index in [1.807, 2.05) is 43.6 Å². The maximum absolute atomic E-state index is 12.3. The number of hydrogen-bond donors (Lipinski definition) is 2. The Hall–Kier alpha value is -3.76. The summed E-state index contributed by atoms with van der Waals surface area (Å²) in [5, 5.41) is 6.99. The molecule has 3 heterocycles. The monoisotopic (exact) mass is 559 g/mol. The van der Waals surface area contributed by atoms with Gasteiger partial charge in [-0.3, -0.25) is 9.78 Å². The van der Waals surface area contributed by atoms with Crippen molar-refractivity contribution in [3.63, 3.8) is 0 Å². The smallest absolute Gasteiger partial charge is 0.251 e. The number of nitrogens with one attached hydrogen (secondary N) is 2. The number of benzene rings is 1. The van der Waals surface area contributed by atoms with Crippen molar-refractivity contribution in [1.29, 1.82) is 0 Å². The number of pyridine rings is 2. The average molecular weight is 560 g/mol. The van der Waals surface area contributed by atoms with Crippen molar-refractivity contribution in [2.45, 2.75) is 25.7 Å². The normalized spacial score (nSPS) is 13.4. The molecule has 1 fully saturated rings. The first-order chi connectivity index (χ1) is 19.0. The third-order valence-corrected chi connectivity index (χ3v) is 7.12. The zero-order chi connectivity index (χ0) is 27.2. The van der Waals surface area contributed by atoms with Crippen LogP contribution in [0.2, 0.25) is 0 Å². The Kier molecular flexibility index (Phi) is 9.89. The van der Waals surface area contributed by atoms with E-state index in [4.69, 9.17) is 4.74 Å². The summed E-state index contributed by atoms with van der Waals surface area (Å²) in [6.07, 6.45) is 7.71. The second-order valence-corrected chi connectivity index (χ2v) is 10.1. The van der Waals surface area contributed by atoms with Gasteiger partial charge in [-0.2, -0.15) is 13.5 Å². The molecule has 1 aliphatic carbocycles. The number of ether oxygens (including phenoxy) is 1. The maximum atomic E-state index is 12.3. The van der Waals surface area contributed by atoms with Crippen molar-refractivity contribution in [3.05, 3.63) is 72.3 Å². The molecule has 0 aliphatic heterocycles. The molecule has 1 aliphatic rings. The van der Waals surface area contributed by atoms with Gasteiger partial charge < -0.3 is 20.3 Å². The predicted octanol–water partition coefficient (Wildman–Crippen LogP) is 4.64.